The Morgan fingerprint density at radius 3 is 2.85 bits per heavy atom. The Morgan fingerprint density at radius 1 is 1.40 bits per heavy atom. The zero-order valence-corrected chi connectivity index (χ0v) is 12.6. The number of hydrogen-bond acceptors (Lipinski definition) is 5. The molecule has 6 heteroatoms. The first-order valence-electron chi connectivity index (χ1n) is 6.55. The minimum absolute atomic E-state index is 0.120. The van der Waals surface area contributed by atoms with Gasteiger partial charge in [-0.25, -0.2) is 0 Å². The van der Waals surface area contributed by atoms with E-state index in [0.717, 1.165) is 22.7 Å². The number of anilines is 2. The molecule has 0 radical (unpaired) electrons. The molecule has 20 heavy (non-hydrogen) atoms. The van der Waals surface area contributed by atoms with Crippen LogP contribution in [0.1, 0.15) is 24.4 Å². The molecule has 0 aliphatic carbocycles. The molecule has 0 spiro atoms. The van der Waals surface area contributed by atoms with Crippen molar-refractivity contribution in [2.45, 2.75) is 33.2 Å². The maximum Gasteiger partial charge on any atom is 0.248 e. The molecule has 0 saturated carbocycles. The van der Waals surface area contributed by atoms with Crippen molar-refractivity contribution in [1.82, 2.24) is 10.2 Å². The molecular weight excluding hydrogens is 272 g/mol. The quantitative estimate of drug-likeness (QED) is 0.888. The Balaban J connectivity index is 1.95. The first kappa shape index (κ1) is 14.5. The van der Waals surface area contributed by atoms with Crippen molar-refractivity contribution in [2.24, 2.45) is 0 Å². The van der Waals surface area contributed by atoms with Gasteiger partial charge in [0.05, 0.1) is 0 Å². The number of amides is 1. The van der Waals surface area contributed by atoms with Gasteiger partial charge in [-0.1, -0.05) is 30.4 Å². The van der Waals surface area contributed by atoms with Crippen molar-refractivity contribution in [2.75, 3.05) is 10.6 Å². The number of benzene rings is 1. The molecule has 0 bridgehead atoms. The minimum Gasteiger partial charge on any atom is -0.374 e. The van der Waals surface area contributed by atoms with Crippen molar-refractivity contribution in [3.8, 4) is 0 Å². The summed E-state index contributed by atoms with van der Waals surface area (Å²) in [5.41, 5.74) is 2.08. The standard InChI is InChI=1S/C14H18N4OS/c1-4-12-17-18-14(20-12)16-13(19)10(3)15-11-7-5-6-9(2)8-11/h5-8,10,15H,4H2,1-3H3,(H,16,18,19)/t10-/m1/s1. The lowest BCUT2D eigenvalue weighted by atomic mass is 10.2. The van der Waals surface area contributed by atoms with Gasteiger partial charge in [0.1, 0.15) is 11.0 Å². The highest BCUT2D eigenvalue weighted by atomic mass is 32.1. The number of hydrogen-bond donors (Lipinski definition) is 2. The van der Waals surface area contributed by atoms with Crippen LogP contribution in [0.2, 0.25) is 0 Å². The van der Waals surface area contributed by atoms with E-state index in [9.17, 15) is 4.79 Å². The summed E-state index contributed by atoms with van der Waals surface area (Å²) in [4.78, 5) is 12.1. The third-order valence-corrected chi connectivity index (χ3v) is 3.78. The molecular formula is C14H18N4OS. The normalized spacial score (nSPS) is 11.9. The van der Waals surface area contributed by atoms with Crippen LogP contribution < -0.4 is 10.6 Å². The van der Waals surface area contributed by atoms with Crippen LogP contribution in [-0.4, -0.2) is 22.1 Å². The average molecular weight is 290 g/mol. The lowest BCUT2D eigenvalue weighted by Gasteiger charge is -2.14. The monoisotopic (exact) mass is 290 g/mol. The summed E-state index contributed by atoms with van der Waals surface area (Å²) in [6.45, 7) is 5.84. The van der Waals surface area contributed by atoms with E-state index in [4.69, 9.17) is 0 Å². The summed E-state index contributed by atoms with van der Waals surface area (Å²) in [6.07, 6.45) is 0.824. The number of rotatable bonds is 5. The van der Waals surface area contributed by atoms with Crippen molar-refractivity contribution >= 4 is 28.1 Å². The van der Waals surface area contributed by atoms with Crippen molar-refractivity contribution in [3.05, 3.63) is 34.8 Å². The topological polar surface area (TPSA) is 66.9 Å². The van der Waals surface area contributed by atoms with E-state index in [1.54, 1.807) is 0 Å². The van der Waals surface area contributed by atoms with Gasteiger partial charge in [-0.2, -0.15) is 0 Å². The molecule has 0 unspecified atom stereocenters. The van der Waals surface area contributed by atoms with Gasteiger partial charge in [0, 0.05) is 5.69 Å². The van der Waals surface area contributed by atoms with Gasteiger partial charge < -0.3 is 5.32 Å². The molecule has 2 aromatic rings. The lowest BCUT2D eigenvalue weighted by molar-refractivity contribution is -0.116. The molecule has 0 aliphatic rings. The predicted molar refractivity (Wildman–Crippen MR) is 82.2 cm³/mol. The van der Waals surface area contributed by atoms with Crippen LogP contribution in [0.25, 0.3) is 0 Å². The van der Waals surface area contributed by atoms with Crippen LogP contribution in [0.5, 0.6) is 0 Å². The van der Waals surface area contributed by atoms with Gasteiger partial charge in [-0.15, -0.1) is 10.2 Å². The summed E-state index contributed by atoms with van der Waals surface area (Å²) >= 11 is 1.41. The Labute approximate surface area is 122 Å². The van der Waals surface area contributed by atoms with Crippen LogP contribution in [0.3, 0.4) is 0 Å². The molecule has 1 atom stereocenters. The SMILES string of the molecule is CCc1nnc(NC(=O)[C@@H](C)Nc2cccc(C)c2)s1. The number of aryl methyl sites for hydroxylation is 2. The van der Waals surface area contributed by atoms with E-state index in [1.807, 2.05) is 45.0 Å². The molecule has 2 rings (SSSR count). The van der Waals surface area contributed by atoms with Crippen LogP contribution in [0.4, 0.5) is 10.8 Å². The Hall–Kier alpha value is -1.95. The van der Waals surface area contributed by atoms with Crippen molar-refractivity contribution in [1.29, 1.82) is 0 Å². The highest BCUT2D eigenvalue weighted by Gasteiger charge is 2.14. The fraction of sp³-hybridized carbons (Fsp3) is 0.357. The molecule has 1 aromatic carbocycles. The van der Waals surface area contributed by atoms with Crippen molar-refractivity contribution in [3.63, 3.8) is 0 Å². The first-order valence-corrected chi connectivity index (χ1v) is 7.36. The molecule has 2 N–H and O–H groups in total. The van der Waals surface area contributed by atoms with Gasteiger partial charge >= 0.3 is 0 Å². The fourth-order valence-electron chi connectivity index (χ4n) is 1.71. The molecule has 5 nitrogen and oxygen atoms in total. The summed E-state index contributed by atoms with van der Waals surface area (Å²) < 4.78 is 0. The number of nitrogens with one attached hydrogen (secondary N) is 2. The third-order valence-electron chi connectivity index (χ3n) is 2.79. The Bertz CT molecular complexity index is 596. The summed E-state index contributed by atoms with van der Waals surface area (Å²) in [7, 11) is 0. The van der Waals surface area contributed by atoms with Gasteiger partial charge in [-0.05, 0) is 38.0 Å². The number of nitrogens with zero attached hydrogens (tertiary/aromatic N) is 2. The summed E-state index contributed by atoms with van der Waals surface area (Å²) in [5, 5.41) is 15.3. The lowest BCUT2D eigenvalue weighted by Crippen LogP contribution is -2.31. The summed E-state index contributed by atoms with van der Waals surface area (Å²) in [6, 6.07) is 7.58. The van der Waals surface area contributed by atoms with Gasteiger partial charge in [0.25, 0.3) is 0 Å². The Kier molecular flexibility index (Phi) is 4.68. The molecule has 106 valence electrons. The number of aromatic nitrogens is 2. The van der Waals surface area contributed by atoms with E-state index < -0.39 is 0 Å². The largest absolute Gasteiger partial charge is 0.374 e. The van der Waals surface area contributed by atoms with E-state index in [-0.39, 0.29) is 11.9 Å². The fourth-order valence-corrected chi connectivity index (χ4v) is 2.39. The zero-order chi connectivity index (χ0) is 14.5. The molecule has 0 saturated heterocycles. The molecule has 1 heterocycles. The second kappa shape index (κ2) is 6.47. The number of carbonyl (C=O) groups is 1. The van der Waals surface area contributed by atoms with Gasteiger partial charge in [0.15, 0.2) is 0 Å². The second-order valence-electron chi connectivity index (χ2n) is 4.58. The molecule has 0 fully saturated rings. The number of carbonyl (C=O) groups excluding carboxylic acids is 1. The zero-order valence-electron chi connectivity index (χ0n) is 11.8. The highest BCUT2D eigenvalue weighted by Crippen LogP contribution is 2.16. The predicted octanol–water partition coefficient (Wildman–Crippen LogP) is 2.85. The maximum atomic E-state index is 12.1. The van der Waals surface area contributed by atoms with Crippen LogP contribution >= 0.6 is 11.3 Å². The van der Waals surface area contributed by atoms with Crippen LogP contribution in [0.15, 0.2) is 24.3 Å². The Morgan fingerprint density at radius 2 is 2.20 bits per heavy atom. The smallest absolute Gasteiger partial charge is 0.248 e. The average Bonchev–Trinajstić information content (AvgIpc) is 2.86. The summed E-state index contributed by atoms with van der Waals surface area (Å²) in [5.74, 6) is -0.120. The van der Waals surface area contributed by atoms with E-state index in [0.29, 0.717) is 5.13 Å². The van der Waals surface area contributed by atoms with E-state index in [1.165, 1.54) is 11.3 Å². The van der Waals surface area contributed by atoms with Gasteiger partial charge in [-0.3, -0.25) is 10.1 Å². The maximum absolute atomic E-state index is 12.1. The van der Waals surface area contributed by atoms with E-state index in [2.05, 4.69) is 20.8 Å². The molecule has 1 aromatic heterocycles. The second-order valence-corrected chi connectivity index (χ2v) is 5.64. The molecule has 1 amide bonds. The van der Waals surface area contributed by atoms with Gasteiger partial charge in [0.2, 0.25) is 11.0 Å². The van der Waals surface area contributed by atoms with Crippen molar-refractivity contribution < 1.29 is 4.79 Å². The van der Waals surface area contributed by atoms with E-state index >= 15 is 0 Å². The van der Waals surface area contributed by atoms with Crippen LogP contribution in [0, 0.1) is 6.92 Å². The van der Waals surface area contributed by atoms with Crippen LogP contribution in [-0.2, 0) is 11.2 Å². The third kappa shape index (κ3) is 3.77. The first-order chi connectivity index (χ1) is 9.58. The minimum atomic E-state index is -0.342. The highest BCUT2D eigenvalue weighted by molar-refractivity contribution is 7.15. The molecule has 0 aliphatic heterocycles.